The molecule has 0 N–H and O–H groups in total. The Morgan fingerprint density at radius 1 is 1.10 bits per heavy atom. The molecule has 0 spiro atoms. The largest absolute Gasteiger partial charge is 0.458 e. The molecule has 0 aliphatic carbocycles. The third kappa shape index (κ3) is 3.54. The molecule has 29 heavy (non-hydrogen) atoms. The number of carbonyl (C=O) groups excluding carboxylic acids is 3. The van der Waals surface area contributed by atoms with Crippen LogP contribution in [0.15, 0.2) is 53.9 Å². The van der Waals surface area contributed by atoms with Gasteiger partial charge in [0.2, 0.25) is 0 Å². The van der Waals surface area contributed by atoms with Gasteiger partial charge in [-0.2, -0.15) is 0 Å². The zero-order valence-electron chi connectivity index (χ0n) is 15.3. The van der Waals surface area contributed by atoms with Gasteiger partial charge in [0.05, 0.1) is 16.8 Å². The van der Waals surface area contributed by atoms with E-state index in [0.29, 0.717) is 10.7 Å². The first-order valence-corrected chi connectivity index (χ1v) is 9.67. The molecule has 0 bridgehead atoms. The van der Waals surface area contributed by atoms with Crippen molar-refractivity contribution in [2.75, 3.05) is 0 Å². The number of ether oxygens (including phenoxy) is 1. The van der Waals surface area contributed by atoms with E-state index < -0.39 is 23.8 Å². The maximum absolute atomic E-state index is 13.0. The topological polar surface area (TPSA) is 76.6 Å². The number of esters is 1. The zero-order chi connectivity index (χ0) is 20.5. The summed E-state index contributed by atoms with van der Waals surface area (Å²) in [5, 5.41) is 2.41. The minimum atomic E-state index is -1.06. The number of hydrogen-bond donors (Lipinski definition) is 0. The number of aromatic nitrogens is 1. The van der Waals surface area contributed by atoms with Gasteiger partial charge in [-0.3, -0.25) is 14.5 Å². The first-order valence-electron chi connectivity index (χ1n) is 8.79. The summed E-state index contributed by atoms with van der Waals surface area (Å²) in [5.74, 6) is -2.05. The molecule has 3 aromatic rings. The maximum Gasteiger partial charge on any atom is 0.329 e. The van der Waals surface area contributed by atoms with Crippen molar-refractivity contribution in [1.29, 1.82) is 0 Å². The van der Waals surface area contributed by atoms with Crippen LogP contribution in [0.25, 0.3) is 10.6 Å². The van der Waals surface area contributed by atoms with Crippen LogP contribution in [-0.4, -0.2) is 33.7 Å². The molecule has 6 nitrogen and oxygen atoms in total. The van der Waals surface area contributed by atoms with Crippen LogP contribution in [0.5, 0.6) is 0 Å². The fraction of sp³-hybridized carbons (Fsp3) is 0.143. The molecule has 146 valence electrons. The van der Waals surface area contributed by atoms with Crippen molar-refractivity contribution in [3.63, 3.8) is 0 Å². The van der Waals surface area contributed by atoms with Crippen molar-refractivity contribution in [2.24, 2.45) is 0 Å². The average Bonchev–Trinajstić information content (AvgIpc) is 3.30. The third-order valence-corrected chi connectivity index (χ3v) is 5.50. The summed E-state index contributed by atoms with van der Waals surface area (Å²) in [7, 11) is 0. The number of carbonyl (C=O) groups is 3. The van der Waals surface area contributed by atoms with Gasteiger partial charge in [-0.25, -0.2) is 14.2 Å². The van der Waals surface area contributed by atoms with Crippen molar-refractivity contribution >= 4 is 29.1 Å². The summed E-state index contributed by atoms with van der Waals surface area (Å²) in [5.41, 5.74) is 1.84. The number of hydrogen-bond acceptors (Lipinski definition) is 6. The van der Waals surface area contributed by atoms with E-state index in [2.05, 4.69) is 4.98 Å². The quantitative estimate of drug-likeness (QED) is 0.474. The van der Waals surface area contributed by atoms with Gasteiger partial charge in [0.1, 0.15) is 23.5 Å². The molecule has 1 aliphatic rings. The lowest BCUT2D eigenvalue weighted by Gasteiger charge is -2.20. The van der Waals surface area contributed by atoms with Gasteiger partial charge in [0.25, 0.3) is 11.8 Å². The van der Waals surface area contributed by atoms with E-state index in [9.17, 15) is 18.8 Å². The van der Waals surface area contributed by atoms with Gasteiger partial charge in [-0.05, 0) is 43.3 Å². The molecule has 2 amide bonds. The number of fused-ring (bicyclic) bond motifs is 1. The number of nitrogens with zero attached hydrogens (tertiary/aromatic N) is 2. The first kappa shape index (κ1) is 18.9. The van der Waals surface area contributed by atoms with E-state index in [1.807, 2.05) is 0 Å². The van der Waals surface area contributed by atoms with Crippen LogP contribution in [0, 0.1) is 5.82 Å². The second kappa shape index (κ2) is 7.56. The van der Waals surface area contributed by atoms with Gasteiger partial charge in [-0.1, -0.05) is 12.1 Å². The first-order chi connectivity index (χ1) is 14.0. The highest BCUT2D eigenvalue weighted by molar-refractivity contribution is 7.13. The maximum atomic E-state index is 13.0. The van der Waals surface area contributed by atoms with Crippen molar-refractivity contribution < 1.29 is 23.5 Å². The predicted octanol–water partition coefficient (Wildman–Crippen LogP) is 3.68. The van der Waals surface area contributed by atoms with E-state index in [4.69, 9.17) is 4.74 Å². The molecule has 1 aromatic heterocycles. The normalized spacial score (nSPS) is 14.1. The zero-order valence-corrected chi connectivity index (χ0v) is 16.1. The number of thiazole rings is 1. The predicted molar refractivity (Wildman–Crippen MR) is 104 cm³/mol. The van der Waals surface area contributed by atoms with Crippen LogP contribution in [0.2, 0.25) is 0 Å². The highest BCUT2D eigenvalue weighted by Gasteiger charge is 2.41. The van der Waals surface area contributed by atoms with Crippen LogP contribution >= 0.6 is 11.3 Å². The van der Waals surface area contributed by atoms with E-state index in [1.54, 1.807) is 41.8 Å². The fourth-order valence-electron chi connectivity index (χ4n) is 3.03. The molecule has 2 aromatic carbocycles. The van der Waals surface area contributed by atoms with Gasteiger partial charge >= 0.3 is 5.97 Å². The Bertz CT molecular complexity index is 1070. The second-order valence-electron chi connectivity index (χ2n) is 6.46. The summed E-state index contributed by atoms with van der Waals surface area (Å²) >= 11 is 1.34. The van der Waals surface area contributed by atoms with Gasteiger partial charge in [0, 0.05) is 10.9 Å². The van der Waals surface area contributed by atoms with Crippen LogP contribution in [0.1, 0.15) is 33.3 Å². The molecule has 0 fully saturated rings. The molecular weight excluding hydrogens is 395 g/mol. The summed E-state index contributed by atoms with van der Waals surface area (Å²) in [4.78, 5) is 42.7. The standard InChI is InChI=1S/C21H15FN2O4S/c1-12(24-19(25)16-4-2-3-5-17(16)20(24)26)21(27)28-10-15-11-29-18(23-15)13-6-8-14(22)9-7-13/h2-9,11-12H,10H2,1H3. The Morgan fingerprint density at radius 3 is 2.34 bits per heavy atom. The summed E-state index contributed by atoms with van der Waals surface area (Å²) in [6.07, 6.45) is 0. The molecular formula is C21H15FN2O4S. The second-order valence-corrected chi connectivity index (χ2v) is 7.32. The highest BCUT2D eigenvalue weighted by Crippen LogP contribution is 2.26. The lowest BCUT2D eigenvalue weighted by atomic mass is 10.1. The molecule has 2 heterocycles. The van der Waals surface area contributed by atoms with Gasteiger partial charge in [0.15, 0.2) is 0 Å². The van der Waals surface area contributed by atoms with E-state index in [-0.39, 0.29) is 23.6 Å². The minimum Gasteiger partial charge on any atom is -0.458 e. The van der Waals surface area contributed by atoms with Gasteiger partial charge in [-0.15, -0.1) is 11.3 Å². The number of rotatable bonds is 5. The lowest BCUT2D eigenvalue weighted by molar-refractivity contribution is -0.149. The van der Waals surface area contributed by atoms with Crippen molar-refractivity contribution in [3.8, 4) is 10.6 Å². The van der Waals surface area contributed by atoms with E-state index in [0.717, 1.165) is 10.5 Å². The molecule has 8 heteroatoms. The minimum absolute atomic E-state index is 0.0932. The van der Waals surface area contributed by atoms with Crippen molar-refractivity contribution in [2.45, 2.75) is 19.6 Å². The Kier molecular flexibility index (Phi) is 4.94. The molecule has 4 rings (SSSR count). The Morgan fingerprint density at radius 2 is 1.72 bits per heavy atom. The van der Waals surface area contributed by atoms with Crippen LogP contribution in [0.4, 0.5) is 4.39 Å². The molecule has 0 saturated carbocycles. The number of halogens is 1. The third-order valence-electron chi connectivity index (χ3n) is 4.56. The van der Waals surface area contributed by atoms with Crippen molar-refractivity contribution in [3.05, 3.63) is 76.5 Å². The highest BCUT2D eigenvalue weighted by atomic mass is 32.1. The van der Waals surface area contributed by atoms with Crippen LogP contribution in [-0.2, 0) is 16.1 Å². The van der Waals surface area contributed by atoms with E-state index >= 15 is 0 Å². The lowest BCUT2D eigenvalue weighted by Crippen LogP contribution is -2.43. The van der Waals surface area contributed by atoms with E-state index in [1.165, 1.54) is 30.4 Å². The molecule has 1 unspecified atom stereocenters. The Labute approximate surface area is 169 Å². The number of imide groups is 1. The molecule has 0 saturated heterocycles. The summed E-state index contributed by atoms with van der Waals surface area (Å²) in [6, 6.07) is 11.3. The van der Waals surface area contributed by atoms with Crippen LogP contribution < -0.4 is 0 Å². The Hall–Kier alpha value is -3.39. The monoisotopic (exact) mass is 410 g/mol. The molecule has 1 atom stereocenters. The number of benzene rings is 2. The SMILES string of the molecule is CC(C(=O)OCc1csc(-c2ccc(F)cc2)n1)N1C(=O)c2ccccc2C1=O. The summed E-state index contributed by atoms with van der Waals surface area (Å²) < 4.78 is 18.3. The molecule has 0 radical (unpaired) electrons. The van der Waals surface area contributed by atoms with Gasteiger partial charge < -0.3 is 4.74 Å². The van der Waals surface area contributed by atoms with Crippen molar-refractivity contribution in [1.82, 2.24) is 9.88 Å². The summed E-state index contributed by atoms with van der Waals surface area (Å²) in [6.45, 7) is 1.36. The fourth-order valence-corrected chi connectivity index (χ4v) is 3.84. The average molecular weight is 410 g/mol. The Balaban J connectivity index is 1.41. The molecule has 1 aliphatic heterocycles. The smallest absolute Gasteiger partial charge is 0.329 e. The number of amides is 2. The van der Waals surface area contributed by atoms with Crippen LogP contribution in [0.3, 0.4) is 0 Å².